The Morgan fingerprint density at radius 2 is 1.91 bits per heavy atom. The highest BCUT2D eigenvalue weighted by Crippen LogP contribution is 2.18. The van der Waals surface area contributed by atoms with Gasteiger partial charge in [-0.25, -0.2) is 0 Å². The molecule has 0 bridgehead atoms. The summed E-state index contributed by atoms with van der Waals surface area (Å²) < 4.78 is 5.20. The molecule has 23 heavy (non-hydrogen) atoms. The number of hydrogen-bond donors (Lipinski definition) is 2. The average Bonchev–Trinajstić information content (AvgIpc) is 2.81. The van der Waals surface area contributed by atoms with E-state index in [1.54, 1.807) is 6.92 Å². The summed E-state index contributed by atoms with van der Waals surface area (Å²) in [5, 5.41) is 11.8. The van der Waals surface area contributed by atoms with Crippen LogP contribution in [0.4, 0.5) is 0 Å². The summed E-state index contributed by atoms with van der Waals surface area (Å²) in [5.74, 6) is -1.13. The Morgan fingerprint density at radius 1 is 1.22 bits per heavy atom. The summed E-state index contributed by atoms with van der Waals surface area (Å²) in [6.07, 6.45) is 1.82. The number of aliphatic carboxylic acids is 1. The Kier molecular flexibility index (Phi) is 5.21. The Bertz CT molecular complexity index is 718. The molecule has 2 rings (SSSR count). The summed E-state index contributed by atoms with van der Waals surface area (Å²) in [6, 6.07) is 7.96. The SMILES string of the molecule is Cc1ccccc1CC(C)NC(=O)c1c(C)coc1CC(=O)O. The van der Waals surface area contributed by atoms with Gasteiger partial charge in [0.05, 0.1) is 11.8 Å². The third-order valence-corrected chi connectivity index (χ3v) is 3.75. The lowest BCUT2D eigenvalue weighted by atomic mass is 10.0. The van der Waals surface area contributed by atoms with Crippen LogP contribution in [0.15, 0.2) is 34.9 Å². The third kappa shape index (κ3) is 4.22. The molecule has 0 aliphatic heterocycles. The van der Waals surface area contributed by atoms with Crippen LogP contribution in [-0.2, 0) is 17.6 Å². The number of benzene rings is 1. The van der Waals surface area contributed by atoms with Crippen LogP contribution >= 0.6 is 0 Å². The van der Waals surface area contributed by atoms with E-state index in [0.717, 1.165) is 0 Å². The molecular weight excluding hydrogens is 294 g/mol. The van der Waals surface area contributed by atoms with Crippen LogP contribution in [0.3, 0.4) is 0 Å². The van der Waals surface area contributed by atoms with Gasteiger partial charge in [0.15, 0.2) is 0 Å². The van der Waals surface area contributed by atoms with Crippen molar-refractivity contribution in [2.45, 2.75) is 39.7 Å². The van der Waals surface area contributed by atoms with Gasteiger partial charge in [-0.3, -0.25) is 9.59 Å². The second kappa shape index (κ2) is 7.13. The molecule has 5 heteroatoms. The van der Waals surface area contributed by atoms with Crippen LogP contribution in [0.1, 0.15) is 39.7 Å². The molecule has 0 fully saturated rings. The fourth-order valence-electron chi connectivity index (χ4n) is 2.59. The Hall–Kier alpha value is -2.56. The molecule has 5 nitrogen and oxygen atoms in total. The molecule has 1 heterocycles. The van der Waals surface area contributed by atoms with Crippen molar-refractivity contribution in [3.8, 4) is 0 Å². The first-order chi connectivity index (χ1) is 10.9. The minimum atomic E-state index is -1.03. The average molecular weight is 315 g/mol. The smallest absolute Gasteiger partial charge is 0.311 e. The maximum atomic E-state index is 12.5. The van der Waals surface area contributed by atoms with Crippen molar-refractivity contribution in [3.63, 3.8) is 0 Å². The Morgan fingerprint density at radius 3 is 2.57 bits per heavy atom. The molecule has 2 aromatic rings. The molecule has 1 unspecified atom stereocenters. The molecule has 0 saturated carbocycles. The van der Waals surface area contributed by atoms with E-state index in [0.29, 0.717) is 17.5 Å². The summed E-state index contributed by atoms with van der Waals surface area (Å²) >= 11 is 0. The standard InChI is InChI=1S/C18H21NO4/c1-11-6-4-5-7-14(11)8-13(3)19-18(22)17-12(2)10-23-15(17)9-16(20)21/h4-7,10,13H,8-9H2,1-3H3,(H,19,22)(H,20,21). The zero-order valence-electron chi connectivity index (χ0n) is 13.6. The van der Waals surface area contributed by atoms with E-state index in [4.69, 9.17) is 9.52 Å². The normalized spacial score (nSPS) is 12.0. The molecule has 1 atom stereocenters. The van der Waals surface area contributed by atoms with Crippen LogP contribution in [0.2, 0.25) is 0 Å². The van der Waals surface area contributed by atoms with Crippen molar-refractivity contribution in [2.75, 3.05) is 0 Å². The van der Waals surface area contributed by atoms with Gasteiger partial charge in [-0.05, 0) is 38.3 Å². The summed E-state index contributed by atoms with van der Waals surface area (Å²) in [7, 11) is 0. The fourth-order valence-corrected chi connectivity index (χ4v) is 2.59. The van der Waals surface area contributed by atoms with Gasteiger partial charge in [0.25, 0.3) is 5.91 Å². The topological polar surface area (TPSA) is 79.5 Å². The van der Waals surface area contributed by atoms with Gasteiger partial charge < -0.3 is 14.8 Å². The highest BCUT2D eigenvalue weighted by molar-refractivity contribution is 5.97. The van der Waals surface area contributed by atoms with Crippen LogP contribution in [0.5, 0.6) is 0 Å². The number of aryl methyl sites for hydroxylation is 2. The molecule has 0 aliphatic rings. The number of nitrogens with one attached hydrogen (secondary N) is 1. The van der Waals surface area contributed by atoms with E-state index in [9.17, 15) is 9.59 Å². The number of carbonyl (C=O) groups is 2. The molecule has 122 valence electrons. The van der Waals surface area contributed by atoms with Crippen molar-refractivity contribution in [1.82, 2.24) is 5.32 Å². The lowest BCUT2D eigenvalue weighted by molar-refractivity contribution is -0.136. The predicted molar refractivity (Wildman–Crippen MR) is 86.6 cm³/mol. The first-order valence-electron chi connectivity index (χ1n) is 7.52. The second-order valence-electron chi connectivity index (χ2n) is 5.79. The number of hydrogen-bond acceptors (Lipinski definition) is 3. The highest BCUT2D eigenvalue weighted by Gasteiger charge is 2.21. The lowest BCUT2D eigenvalue weighted by Gasteiger charge is -2.15. The first kappa shape index (κ1) is 16.8. The number of carbonyl (C=O) groups excluding carboxylic acids is 1. The number of carboxylic acids is 1. The van der Waals surface area contributed by atoms with Gasteiger partial charge >= 0.3 is 5.97 Å². The van der Waals surface area contributed by atoms with Crippen LogP contribution in [0.25, 0.3) is 0 Å². The third-order valence-electron chi connectivity index (χ3n) is 3.75. The van der Waals surface area contributed by atoms with Crippen LogP contribution in [0, 0.1) is 13.8 Å². The largest absolute Gasteiger partial charge is 0.481 e. The zero-order chi connectivity index (χ0) is 17.0. The van der Waals surface area contributed by atoms with Crippen molar-refractivity contribution in [3.05, 3.63) is 58.5 Å². The van der Waals surface area contributed by atoms with Crippen LogP contribution in [-0.4, -0.2) is 23.0 Å². The van der Waals surface area contributed by atoms with Gasteiger partial charge in [0.2, 0.25) is 0 Å². The lowest BCUT2D eigenvalue weighted by Crippen LogP contribution is -2.35. The van der Waals surface area contributed by atoms with Crippen molar-refractivity contribution in [2.24, 2.45) is 0 Å². The van der Waals surface area contributed by atoms with Gasteiger partial charge in [0.1, 0.15) is 12.2 Å². The molecular formula is C18H21NO4. The van der Waals surface area contributed by atoms with E-state index in [-0.39, 0.29) is 24.1 Å². The molecule has 1 amide bonds. The van der Waals surface area contributed by atoms with Gasteiger partial charge in [-0.1, -0.05) is 24.3 Å². The molecule has 0 saturated heterocycles. The maximum absolute atomic E-state index is 12.5. The van der Waals surface area contributed by atoms with E-state index in [1.807, 2.05) is 38.1 Å². The van der Waals surface area contributed by atoms with Gasteiger partial charge in [-0.15, -0.1) is 0 Å². The minimum absolute atomic E-state index is 0.0735. The second-order valence-corrected chi connectivity index (χ2v) is 5.79. The quantitative estimate of drug-likeness (QED) is 0.859. The number of carboxylic acid groups (broad SMARTS) is 1. The number of amides is 1. The van der Waals surface area contributed by atoms with Gasteiger partial charge in [-0.2, -0.15) is 0 Å². The highest BCUT2D eigenvalue weighted by atomic mass is 16.4. The van der Waals surface area contributed by atoms with E-state index in [2.05, 4.69) is 5.32 Å². The molecule has 2 N–H and O–H groups in total. The first-order valence-corrected chi connectivity index (χ1v) is 7.52. The van der Waals surface area contributed by atoms with Gasteiger partial charge in [0, 0.05) is 11.6 Å². The Labute approximate surface area is 135 Å². The Balaban J connectivity index is 2.08. The molecule has 0 aliphatic carbocycles. The minimum Gasteiger partial charge on any atom is -0.481 e. The summed E-state index contributed by atoms with van der Waals surface area (Å²) in [4.78, 5) is 23.3. The molecule has 1 aromatic carbocycles. The number of furan rings is 1. The molecule has 1 aromatic heterocycles. The molecule has 0 radical (unpaired) electrons. The summed E-state index contributed by atoms with van der Waals surface area (Å²) in [6.45, 7) is 5.70. The fraction of sp³-hybridized carbons (Fsp3) is 0.333. The maximum Gasteiger partial charge on any atom is 0.311 e. The zero-order valence-corrected chi connectivity index (χ0v) is 13.6. The van der Waals surface area contributed by atoms with Crippen molar-refractivity contribution >= 4 is 11.9 Å². The van der Waals surface area contributed by atoms with E-state index < -0.39 is 5.97 Å². The number of rotatable bonds is 6. The predicted octanol–water partition coefficient (Wildman–Crippen LogP) is 2.88. The van der Waals surface area contributed by atoms with Crippen molar-refractivity contribution in [1.29, 1.82) is 0 Å². The van der Waals surface area contributed by atoms with E-state index in [1.165, 1.54) is 17.4 Å². The van der Waals surface area contributed by atoms with Crippen LogP contribution < -0.4 is 5.32 Å². The summed E-state index contributed by atoms with van der Waals surface area (Å²) in [5.41, 5.74) is 3.32. The van der Waals surface area contributed by atoms with Crippen molar-refractivity contribution < 1.29 is 19.1 Å². The monoisotopic (exact) mass is 315 g/mol. The molecule has 0 spiro atoms. The van der Waals surface area contributed by atoms with E-state index >= 15 is 0 Å².